The first-order valence-corrected chi connectivity index (χ1v) is 9.83. The molecule has 0 radical (unpaired) electrons. The summed E-state index contributed by atoms with van der Waals surface area (Å²) in [5, 5.41) is 9.64. The van der Waals surface area contributed by atoms with E-state index in [2.05, 4.69) is 4.98 Å². The highest BCUT2D eigenvalue weighted by Crippen LogP contribution is 2.17. The third-order valence-corrected chi connectivity index (χ3v) is 5.56. The molecule has 0 aliphatic carbocycles. The van der Waals surface area contributed by atoms with Gasteiger partial charge in [-0.05, 0) is 6.92 Å². The van der Waals surface area contributed by atoms with E-state index in [0.29, 0.717) is 11.4 Å². The van der Waals surface area contributed by atoms with Crippen LogP contribution in [0.2, 0.25) is 0 Å². The van der Waals surface area contributed by atoms with Crippen LogP contribution in [-0.2, 0) is 19.6 Å². The number of amides is 1. The first-order valence-electron chi connectivity index (χ1n) is 7.17. The van der Waals surface area contributed by atoms with Crippen LogP contribution in [0.3, 0.4) is 0 Å². The number of carbonyl (C=O) groups excluding carboxylic acids is 1. The van der Waals surface area contributed by atoms with Crippen molar-refractivity contribution >= 4 is 33.2 Å². The first-order chi connectivity index (χ1) is 11.2. The fraction of sp³-hybridized carbons (Fsp3) is 0.615. The van der Waals surface area contributed by atoms with Crippen LogP contribution in [0.15, 0.2) is 6.20 Å². The molecular weight excluding hydrogens is 358 g/mol. The molecule has 1 amide bonds. The number of ether oxygens (including phenoxy) is 1. The lowest BCUT2D eigenvalue weighted by atomic mass is 10.2. The van der Waals surface area contributed by atoms with Gasteiger partial charge in [-0.15, -0.1) is 11.3 Å². The Labute approximate surface area is 143 Å². The topological polar surface area (TPSA) is 117 Å². The van der Waals surface area contributed by atoms with Crippen molar-refractivity contribution in [2.45, 2.75) is 13.0 Å². The number of thiazole rings is 1. The van der Waals surface area contributed by atoms with Gasteiger partial charge < -0.3 is 14.7 Å². The van der Waals surface area contributed by atoms with E-state index in [9.17, 15) is 18.0 Å². The van der Waals surface area contributed by atoms with Crippen LogP contribution in [0.5, 0.6) is 0 Å². The summed E-state index contributed by atoms with van der Waals surface area (Å²) in [6.07, 6.45) is 1.88. The number of carboxylic acids is 1. The van der Waals surface area contributed by atoms with E-state index in [1.54, 1.807) is 11.8 Å². The zero-order valence-electron chi connectivity index (χ0n) is 13.3. The minimum Gasteiger partial charge on any atom is -0.480 e. The summed E-state index contributed by atoms with van der Waals surface area (Å²) in [5.74, 6) is -1.43. The fourth-order valence-corrected chi connectivity index (χ4v) is 3.85. The zero-order chi connectivity index (χ0) is 17.9. The van der Waals surface area contributed by atoms with Gasteiger partial charge in [-0.1, -0.05) is 0 Å². The highest BCUT2D eigenvalue weighted by molar-refractivity contribution is 7.88. The van der Waals surface area contributed by atoms with Crippen LogP contribution in [0.1, 0.15) is 14.7 Å². The Morgan fingerprint density at radius 3 is 2.79 bits per heavy atom. The van der Waals surface area contributed by atoms with Crippen LogP contribution in [0.4, 0.5) is 0 Å². The summed E-state index contributed by atoms with van der Waals surface area (Å²) in [4.78, 5) is 29.4. The number of morpholine rings is 1. The summed E-state index contributed by atoms with van der Waals surface area (Å²) in [6.45, 7) is 1.90. The fourth-order valence-electron chi connectivity index (χ4n) is 2.33. The van der Waals surface area contributed by atoms with Gasteiger partial charge in [0.15, 0.2) is 0 Å². The molecule has 1 aliphatic rings. The molecule has 1 aromatic heterocycles. The molecule has 1 atom stereocenters. The van der Waals surface area contributed by atoms with Gasteiger partial charge in [0, 0.05) is 19.6 Å². The summed E-state index contributed by atoms with van der Waals surface area (Å²) in [5.41, 5.74) is 0. The largest absolute Gasteiger partial charge is 0.480 e. The van der Waals surface area contributed by atoms with Crippen molar-refractivity contribution in [3.05, 3.63) is 16.1 Å². The van der Waals surface area contributed by atoms with Crippen molar-refractivity contribution in [3.63, 3.8) is 0 Å². The molecule has 2 rings (SSSR count). The van der Waals surface area contributed by atoms with Gasteiger partial charge in [-0.2, -0.15) is 4.31 Å². The number of aryl methyl sites for hydroxylation is 1. The molecule has 0 aromatic carbocycles. The van der Waals surface area contributed by atoms with Crippen LogP contribution in [0, 0.1) is 6.92 Å². The summed E-state index contributed by atoms with van der Waals surface area (Å²) >= 11 is 1.29. The van der Waals surface area contributed by atoms with E-state index >= 15 is 0 Å². The number of hydrogen-bond acceptors (Lipinski definition) is 7. The van der Waals surface area contributed by atoms with Gasteiger partial charge in [-0.3, -0.25) is 9.59 Å². The monoisotopic (exact) mass is 377 g/mol. The standard InChI is InChI=1S/C13H19N3O6S2/c1-9-14-5-11(23-9)13(19)15-3-4-22-10(6-15)7-16(8-12(17)18)24(2,20)21/h5,10H,3-4,6-8H2,1-2H3,(H,17,18). The molecule has 9 nitrogen and oxygen atoms in total. The molecule has 0 bridgehead atoms. The normalized spacial score (nSPS) is 18.8. The Kier molecular flexibility index (Phi) is 5.91. The van der Waals surface area contributed by atoms with Gasteiger partial charge in [0.2, 0.25) is 10.0 Å². The second kappa shape index (κ2) is 7.55. The summed E-state index contributed by atoms with van der Waals surface area (Å²) in [7, 11) is -3.68. The molecule has 0 spiro atoms. The molecule has 24 heavy (non-hydrogen) atoms. The molecule has 134 valence electrons. The SMILES string of the molecule is Cc1ncc(C(=O)N2CCOC(CN(CC(=O)O)S(C)(=O)=O)C2)s1. The maximum atomic E-state index is 12.4. The summed E-state index contributed by atoms with van der Waals surface area (Å²) in [6, 6.07) is 0. The predicted molar refractivity (Wildman–Crippen MR) is 86.5 cm³/mol. The lowest BCUT2D eigenvalue weighted by Gasteiger charge is -2.34. The van der Waals surface area contributed by atoms with E-state index in [1.807, 2.05) is 0 Å². The van der Waals surface area contributed by atoms with Gasteiger partial charge in [0.25, 0.3) is 5.91 Å². The van der Waals surface area contributed by atoms with E-state index in [0.717, 1.165) is 15.6 Å². The van der Waals surface area contributed by atoms with E-state index < -0.39 is 28.6 Å². The number of aromatic nitrogens is 1. The first kappa shape index (κ1) is 18.8. The summed E-state index contributed by atoms with van der Waals surface area (Å²) < 4.78 is 29.7. The van der Waals surface area contributed by atoms with Crippen LogP contribution in [0.25, 0.3) is 0 Å². The van der Waals surface area contributed by atoms with Crippen molar-refractivity contribution in [1.82, 2.24) is 14.2 Å². The molecule has 11 heteroatoms. The van der Waals surface area contributed by atoms with Crippen LogP contribution in [-0.4, -0.2) is 84.7 Å². The molecular formula is C13H19N3O6S2. The Morgan fingerprint density at radius 1 is 1.54 bits per heavy atom. The van der Waals surface area contributed by atoms with Crippen LogP contribution >= 0.6 is 11.3 Å². The number of hydrogen-bond donors (Lipinski definition) is 1. The average Bonchev–Trinajstić information content (AvgIpc) is 2.91. The zero-order valence-corrected chi connectivity index (χ0v) is 15.0. The van der Waals surface area contributed by atoms with E-state index in [1.165, 1.54) is 17.5 Å². The minimum absolute atomic E-state index is 0.114. The third kappa shape index (κ3) is 4.97. The lowest BCUT2D eigenvalue weighted by Crippen LogP contribution is -2.51. The highest BCUT2D eigenvalue weighted by Gasteiger charge is 2.30. The molecule has 1 fully saturated rings. The Bertz CT molecular complexity index is 717. The molecule has 1 saturated heterocycles. The van der Waals surface area contributed by atoms with Gasteiger partial charge >= 0.3 is 5.97 Å². The lowest BCUT2D eigenvalue weighted by molar-refractivity contribution is -0.137. The Morgan fingerprint density at radius 2 is 2.25 bits per heavy atom. The minimum atomic E-state index is -3.68. The molecule has 1 N–H and O–H groups in total. The van der Waals surface area contributed by atoms with Crippen molar-refractivity contribution in [3.8, 4) is 0 Å². The van der Waals surface area contributed by atoms with E-state index in [4.69, 9.17) is 9.84 Å². The van der Waals surface area contributed by atoms with Crippen molar-refractivity contribution in [1.29, 1.82) is 0 Å². The maximum Gasteiger partial charge on any atom is 0.318 e. The quantitative estimate of drug-likeness (QED) is 0.719. The van der Waals surface area contributed by atoms with Crippen molar-refractivity contribution in [2.75, 3.05) is 39.0 Å². The second-order valence-electron chi connectivity index (χ2n) is 5.44. The molecule has 1 aliphatic heterocycles. The number of aliphatic carboxylic acids is 1. The second-order valence-corrected chi connectivity index (χ2v) is 8.65. The van der Waals surface area contributed by atoms with Crippen molar-refractivity contribution in [2.24, 2.45) is 0 Å². The number of sulfonamides is 1. The van der Waals surface area contributed by atoms with Gasteiger partial charge in [-0.25, -0.2) is 13.4 Å². The Hall–Kier alpha value is -1.56. The number of carboxylic acid groups (broad SMARTS) is 1. The number of carbonyl (C=O) groups is 2. The van der Waals surface area contributed by atoms with E-state index in [-0.39, 0.29) is 25.6 Å². The molecule has 1 aromatic rings. The van der Waals surface area contributed by atoms with Gasteiger partial charge in [0.05, 0.1) is 30.2 Å². The maximum absolute atomic E-state index is 12.4. The predicted octanol–water partition coefficient (Wildman–Crippen LogP) is -0.361. The molecule has 0 saturated carbocycles. The molecule has 1 unspecified atom stereocenters. The highest BCUT2D eigenvalue weighted by atomic mass is 32.2. The third-order valence-electron chi connectivity index (χ3n) is 3.45. The average molecular weight is 377 g/mol. The number of nitrogens with zero attached hydrogens (tertiary/aromatic N) is 3. The van der Waals surface area contributed by atoms with Crippen molar-refractivity contribution < 1.29 is 27.9 Å². The Balaban J connectivity index is 2.04. The van der Waals surface area contributed by atoms with Crippen LogP contribution < -0.4 is 0 Å². The smallest absolute Gasteiger partial charge is 0.318 e. The number of rotatable bonds is 6. The van der Waals surface area contributed by atoms with Gasteiger partial charge in [0.1, 0.15) is 11.4 Å². The molecule has 2 heterocycles.